The molecule has 9 heteroatoms. The van der Waals surface area contributed by atoms with E-state index in [1.54, 1.807) is 12.1 Å². The molecule has 0 amide bonds. The Morgan fingerprint density at radius 2 is 1.80 bits per heavy atom. The first-order chi connectivity index (χ1) is 11.9. The third-order valence-corrected chi connectivity index (χ3v) is 3.99. The van der Waals surface area contributed by atoms with Gasteiger partial charge in [0.05, 0.1) is 4.92 Å². The first-order valence-corrected chi connectivity index (χ1v) is 9.09. The Balaban J connectivity index is 2.24. The van der Waals surface area contributed by atoms with Crippen molar-refractivity contribution in [2.24, 2.45) is 5.92 Å². The molecule has 0 fully saturated rings. The van der Waals surface area contributed by atoms with E-state index in [-0.39, 0.29) is 5.69 Å². The van der Waals surface area contributed by atoms with E-state index in [0.29, 0.717) is 21.8 Å². The monoisotopic (exact) mass is 383 g/mol. The summed E-state index contributed by atoms with van der Waals surface area (Å²) in [4.78, 5) is 10.2. The topological polar surface area (TPSA) is 91.3 Å². The zero-order valence-corrected chi connectivity index (χ0v) is 16.1. The lowest BCUT2D eigenvalue weighted by Gasteiger charge is -2.16. The minimum absolute atomic E-state index is 0.0287. The molecule has 0 heterocycles. The molecule has 7 nitrogen and oxygen atoms in total. The molecule has 0 bridgehead atoms. The average Bonchev–Trinajstić information content (AvgIpc) is 2.59. The lowest BCUT2D eigenvalue weighted by atomic mass is 10.0. The largest absolute Gasteiger partial charge is 0.361 e. The van der Waals surface area contributed by atoms with Crippen molar-refractivity contribution in [3.63, 3.8) is 0 Å². The predicted octanol–water partition coefficient (Wildman–Crippen LogP) is 3.48. The van der Waals surface area contributed by atoms with Gasteiger partial charge in [-0.1, -0.05) is 33.1 Å². The molecule has 0 aromatic heterocycles. The van der Waals surface area contributed by atoms with Crippen LogP contribution in [-0.4, -0.2) is 21.7 Å². The van der Waals surface area contributed by atoms with Gasteiger partial charge in [0, 0.05) is 24.4 Å². The van der Waals surface area contributed by atoms with Crippen LogP contribution in [0.3, 0.4) is 0 Å². The fraction of sp³-hybridized carbons (Fsp3) is 0.500. The van der Waals surface area contributed by atoms with Crippen molar-refractivity contribution >= 4 is 46.0 Å². The number of anilines is 1. The van der Waals surface area contributed by atoms with E-state index in [2.05, 4.69) is 35.3 Å². The van der Waals surface area contributed by atoms with Crippen LogP contribution in [0, 0.1) is 16.0 Å². The lowest BCUT2D eigenvalue weighted by molar-refractivity contribution is -0.384. The molecule has 1 rings (SSSR count). The molecule has 0 radical (unpaired) electrons. The number of rotatable bonds is 8. The molecule has 1 atom stereocenters. The van der Waals surface area contributed by atoms with Crippen LogP contribution in [0.4, 0.5) is 11.4 Å². The summed E-state index contributed by atoms with van der Waals surface area (Å²) in [6.07, 6.45) is 4.90. The van der Waals surface area contributed by atoms with E-state index in [1.165, 1.54) is 37.8 Å². The molecule has 0 aliphatic rings. The molecule has 4 N–H and O–H groups in total. The van der Waals surface area contributed by atoms with Crippen molar-refractivity contribution in [3.8, 4) is 0 Å². The summed E-state index contributed by atoms with van der Waals surface area (Å²) in [5.74, 6) is 0.552. The number of unbranched alkanes of at least 4 members (excludes halogenated alkanes) is 2. The van der Waals surface area contributed by atoms with Crippen LogP contribution in [0.5, 0.6) is 0 Å². The van der Waals surface area contributed by atoms with Gasteiger partial charge >= 0.3 is 0 Å². The van der Waals surface area contributed by atoms with Crippen molar-refractivity contribution in [3.05, 3.63) is 34.4 Å². The SMILES string of the molecule is CCCCC[C@H](C)CNC(=S)NNC(=S)Nc1ccc([N+](=O)[O-])cc1. The van der Waals surface area contributed by atoms with Gasteiger partial charge in [0.25, 0.3) is 5.69 Å². The van der Waals surface area contributed by atoms with Crippen LogP contribution < -0.4 is 21.5 Å². The van der Waals surface area contributed by atoms with Crippen LogP contribution >= 0.6 is 24.4 Å². The number of hydrazine groups is 1. The summed E-state index contributed by atoms with van der Waals surface area (Å²) >= 11 is 10.3. The summed E-state index contributed by atoms with van der Waals surface area (Å²) in [6, 6.07) is 5.98. The Hall–Kier alpha value is -2.00. The minimum atomic E-state index is -0.449. The van der Waals surface area contributed by atoms with Crippen LogP contribution in [0.15, 0.2) is 24.3 Å². The number of hydrogen-bond donors (Lipinski definition) is 4. The normalized spacial score (nSPS) is 11.3. The Bertz CT molecular complexity index is 580. The van der Waals surface area contributed by atoms with E-state index in [1.807, 2.05) is 0 Å². The number of nitro benzene ring substituents is 1. The second-order valence-corrected chi connectivity index (χ2v) is 6.64. The van der Waals surface area contributed by atoms with E-state index >= 15 is 0 Å². The fourth-order valence-electron chi connectivity index (χ4n) is 2.10. The van der Waals surface area contributed by atoms with Gasteiger partial charge in [0.15, 0.2) is 10.2 Å². The van der Waals surface area contributed by atoms with E-state index in [0.717, 1.165) is 6.54 Å². The van der Waals surface area contributed by atoms with Gasteiger partial charge in [-0.3, -0.25) is 21.0 Å². The van der Waals surface area contributed by atoms with Gasteiger partial charge in [0.2, 0.25) is 0 Å². The van der Waals surface area contributed by atoms with Crippen LogP contribution in [0.1, 0.15) is 39.5 Å². The van der Waals surface area contributed by atoms with Crippen LogP contribution in [0.2, 0.25) is 0 Å². The van der Waals surface area contributed by atoms with Gasteiger partial charge in [-0.2, -0.15) is 0 Å². The van der Waals surface area contributed by atoms with Gasteiger partial charge in [-0.15, -0.1) is 0 Å². The molecule has 0 aliphatic heterocycles. The number of nitro groups is 1. The lowest BCUT2D eigenvalue weighted by Crippen LogP contribution is -2.48. The number of non-ortho nitro benzene ring substituents is 1. The number of hydrogen-bond acceptors (Lipinski definition) is 4. The maximum Gasteiger partial charge on any atom is 0.269 e. The summed E-state index contributed by atoms with van der Waals surface area (Å²) in [7, 11) is 0. The van der Waals surface area contributed by atoms with Gasteiger partial charge < -0.3 is 10.6 Å². The van der Waals surface area contributed by atoms with Crippen molar-refractivity contribution in [1.29, 1.82) is 0 Å². The average molecular weight is 384 g/mol. The molecule has 0 unspecified atom stereocenters. The molecule has 1 aromatic carbocycles. The Morgan fingerprint density at radius 3 is 2.40 bits per heavy atom. The standard InChI is InChI=1S/C16H25N5O2S2/c1-3-4-5-6-12(2)11-17-15(24)19-20-16(25)18-13-7-9-14(10-8-13)21(22)23/h7-10,12H,3-6,11H2,1-2H3,(H2,17,19,24)(H2,18,20,25)/t12-/m0/s1. The van der Waals surface area contributed by atoms with Crippen molar-refractivity contribution in [2.75, 3.05) is 11.9 Å². The van der Waals surface area contributed by atoms with Gasteiger partial charge in [-0.25, -0.2) is 0 Å². The predicted molar refractivity (Wildman–Crippen MR) is 109 cm³/mol. The molecule has 0 saturated heterocycles. The third-order valence-electron chi connectivity index (χ3n) is 3.54. The first kappa shape index (κ1) is 21.0. The molecule has 25 heavy (non-hydrogen) atoms. The Labute approximate surface area is 159 Å². The van der Waals surface area contributed by atoms with Gasteiger partial charge in [0.1, 0.15) is 0 Å². The number of benzene rings is 1. The minimum Gasteiger partial charge on any atom is -0.361 e. The number of nitrogens with one attached hydrogen (secondary N) is 4. The summed E-state index contributed by atoms with van der Waals surface area (Å²) in [6.45, 7) is 5.19. The van der Waals surface area contributed by atoms with Crippen LogP contribution in [0.25, 0.3) is 0 Å². The zero-order chi connectivity index (χ0) is 18.7. The smallest absolute Gasteiger partial charge is 0.269 e. The highest BCUT2D eigenvalue weighted by atomic mass is 32.1. The molecule has 138 valence electrons. The van der Waals surface area contributed by atoms with Crippen molar-refractivity contribution in [1.82, 2.24) is 16.2 Å². The highest BCUT2D eigenvalue weighted by Gasteiger charge is 2.06. The van der Waals surface area contributed by atoms with Crippen molar-refractivity contribution in [2.45, 2.75) is 39.5 Å². The highest BCUT2D eigenvalue weighted by molar-refractivity contribution is 7.80. The quantitative estimate of drug-likeness (QED) is 0.235. The summed E-state index contributed by atoms with van der Waals surface area (Å²) < 4.78 is 0. The van der Waals surface area contributed by atoms with Crippen LogP contribution in [-0.2, 0) is 0 Å². The molecule has 0 aliphatic carbocycles. The summed E-state index contributed by atoms with van der Waals surface area (Å²) in [5.41, 5.74) is 6.27. The highest BCUT2D eigenvalue weighted by Crippen LogP contribution is 2.15. The maximum atomic E-state index is 10.6. The van der Waals surface area contributed by atoms with E-state index < -0.39 is 4.92 Å². The van der Waals surface area contributed by atoms with Crippen molar-refractivity contribution < 1.29 is 4.92 Å². The second kappa shape index (κ2) is 11.5. The molecule has 0 spiro atoms. The van der Waals surface area contributed by atoms with E-state index in [9.17, 15) is 10.1 Å². The Morgan fingerprint density at radius 1 is 1.16 bits per heavy atom. The molecule has 1 aromatic rings. The van der Waals surface area contributed by atoms with Gasteiger partial charge in [-0.05, 0) is 48.9 Å². The zero-order valence-electron chi connectivity index (χ0n) is 14.5. The Kier molecular flexibility index (Phi) is 9.71. The number of thiocarbonyl (C=S) groups is 2. The first-order valence-electron chi connectivity index (χ1n) is 8.27. The summed E-state index contributed by atoms with van der Waals surface area (Å²) in [5, 5.41) is 17.4. The van der Waals surface area contributed by atoms with E-state index in [4.69, 9.17) is 24.4 Å². The molecular weight excluding hydrogens is 358 g/mol. The third kappa shape index (κ3) is 9.16. The number of nitrogens with zero attached hydrogens (tertiary/aromatic N) is 1. The molecular formula is C16H25N5O2S2. The second-order valence-electron chi connectivity index (χ2n) is 5.82. The fourth-order valence-corrected chi connectivity index (χ4v) is 2.40. The maximum absolute atomic E-state index is 10.6. The molecule has 0 saturated carbocycles.